The number of nitrogens with zero attached hydrogens (tertiary/aromatic N) is 3. The minimum atomic E-state index is -1.10. The van der Waals surface area contributed by atoms with Crippen molar-refractivity contribution in [2.45, 2.75) is 31.6 Å². The van der Waals surface area contributed by atoms with Crippen LogP contribution in [0, 0.1) is 11.6 Å². The smallest absolute Gasteiger partial charge is 0.207 e. The normalized spacial score (nSPS) is 21.0. The Balaban J connectivity index is 1.90. The van der Waals surface area contributed by atoms with Crippen molar-refractivity contribution in [3.63, 3.8) is 0 Å². The second kappa shape index (κ2) is 7.70. The number of piperidine rings is 1. The Bertz CT molecular complexity index is 1070. The number of rotatable bonds is 3. The third-order valence-corrected chi connectivity index (χ3v) is 5.94. The van der Waals surface area contributed by atoms with Crippen LogP contribution in [0.15, 0.2) is 30.3 Å². The third-order valence-electron chi connectivity index (χ3n) is 5.36. The zero-order valence-electron chi connectivity index (χ0n) is 15.5. The fourth-order valence-corrected chi connectivity index (χ4v) is 4.25. The molecule has 0 amide bonds. The Labute approximate surface area is 176 Å². The van der Waals surface area contributed by atoms with Crippen LogP contribution in [0.2, 0.25) is 10.0 Å². The highest BCUT2D eigenvalue weighted by Gasteiger charge is 2.31. The van der Waals surface area contributed by atoms with Crippen molar-refractivity contribution >= 4 is 40.2 Å². The summed E-state index contributed by atoms with van der Waals surface area (Å²) in [5.74, 6) is -1.51. The largest absolute Gasteiger partial charge is 0.340 e. The van der Waals surface area contributed by atoms with Crippen molar-refractivity contribution in [3.8, 4) is 0 Å². The standard InChI is InChI=1S/C20H19Cl2F3N4/c1-10(12-6-11(21)2-3-13(12)22)29-19-8-16(25)15(24)7-18(19)27-20(29)28-5-4-14(23)17(26)9-28/h2-3,6-8,10,14,17H,4-5,9,26H2,1H3/t10-,14-,17-/m1/s1. The molecule has 0 unspecified atom stereocenters. The molecule has 2 heterocycles. The van der Waals surface area contributed by atoms with Crippen LogP contribution in [0.4, 0.5) is 19.1 Å². The molecule has 1 aliphatic heterocycles. The lowest BCUT2D eigenvalue weighted by Gasteiger charge is -2.35. The molecular weight excluding hydrogens is 424 g/mol. The van der Waals surface area contributed by atoms with Crippen LogP contribution in [-0.2, 0) is 0 Å². The maximum absolute atomic E-state index is 14.1. The van der Waals surface area contributed by atoms with E-state index in [-0.39, 0.29) is 13.0 Å². The molecule has 154 valence electrons. The van der Waals surface area contributed by atoms with Gasteiger partial charge in [0.05, 0.1) is 23.1 Å². The summed E-state index contributed by atoms with van der Waals surface area (Å²) in [6, 6.07) is 6.17. The average Bonchev–Trinajstić information content (AvgIpc) is 3.04. The Kier molecular flexibility index (Phi) is 5.40. The molecule has 4 rings (SSSR count). The zero-order chi connectivity index (χ0) is 20.9. The van der Waals surface area contributed by atoms with Crippen molar-refractivity contribution in [2.75, 3.05) is 18.0 Å². The van der Waals surface area contributed by atoms with E-state index in [1.165, 1.54) is 0 Å². The third kappa shape index (κ3) is 3.67. The van der Waals surface area contributed by atoms with Crippen LogP contribution in [-0.4, -0.2) is 34.9 Å². The molecule has 3 aromatic rings. The van der Waals surface area contributed by atoms with Gasteiger partial charge in [-0.1, -0.05) is 23.2 Å². The van der Waals surface area contributed by atoms with Crippen LogP contribution >= 0.6 is 23.2 Å². The number of anilines is 1. The molecule has 2 N–H and O–H groups in total. The number of alkyl halides is 1. The van der Waals surface area contributed by atoms with E-state index in [1.54, 1.807) is 22.8 Å². The van der Waals surface area contributed by atoms with E-state index in [2.05, 4.69) is 4.98 Å². The summed E-state index contributed by atoms with van der Waals surface area (Å²) in [4.78, 5) is 6.36. The number of halogens is 5. The van der Waals surface area contributed by atoms with E-state index < -0.39 is 29.9 Å². The minimum Gasteiger partial charge on any atom is -0.340 e. The number of aromatic nitrogens is 2. The molecular formula is C20H19Cl2F3N4. The summed E-state index contributed by atoms with van der Waals surface area (Å²) < 4.78 is 43.5. The van der Waals surface area contributed by atoms with Crippen molar-refractivity contribution in [1.29, 1.82) is 0 Å². The van der Waals surface area contributed by atoms with E-state index in [0.29, 0.717) is 39.1 Å². The summed E-state index contributed by atoms with van der Waals surface area (Å²) >= 11 is 12.5. The lowest BCUT2D eigenvalue weighted by Crippen LogP contribution is -2.50. The molecule has 0 bridgehead atoms. The first-order valence-electron chi connectivity index (χ1n) is 9.22. The molecule has 2 aromatic carbocycles. The maximum atomic E-state index is 14.1. The molecule has 0 aliphatic carbocycles. The molecule has 4 nitrogen and oxygen atoms in total. The van der Waals surface area contributed by atoms with Crippen molar-refractivity contribution in [3.05, 3.63) is 57.6 Å². The van der Waals surface area contributed by atoms with Crippen LogP contribution < -0.4 is 10.6 Å². The van der Waals surface area contributed by atoms with Gasteiger partial charge in [0.1, 0.15) is 6.17 Å². The van der Waals surface area contributed by atoms with E-state index in [9.17, 15) is 13.2 Å². The Morgan fingerprint density at radius 3 is 2.62 bits per heavy atom. The van der Waals surface area contributed by atoms with E-state index >= 15 is 0 Å². The van der Waals surface area contributed by atoms with Gasteiger partial charge in [-0.2, -0.15) is 0 Å². The molecule has 0 spiro atoms. The van der Waals surface area contributed by atoms with Gasteiger partial charge in [-0.25, -0.2) is 18.2 Å². The first-order valence-corrected chi connectivity index (χ1v) is 9.98. The maximum Gasteiger partial charge on any atom is 0.207 e. The fourth-order valence-electron chi connectivity index (χ4n) is 3.79. The van der Waals surface area contributed by atoms with Crippen molar-refractivity contribution < 1.29 is 13.2 Å². The lowest BCUT2D eigenvalue weighted by molar-refractivity contribution is 0.243. The zero-order valence-corrected chi connectivity index (χ0v) is 17.1. The molecule has 3 atom stereocenters. The number of hydrogen-bond donors (Lipinski definition) is 1. The number of benzene rings is 2. The topological polar surface area (TPSA) is 47.1 Å². The number of hydrogen-bond acceptors (Lipinski definition) is 3. The fraction of sp³-hybridized carbons (Fsp3) is 0.350. The SMILES string of the molecule is C[C@H](c1cc(Cl)ccc1Cl)n1c(N2CC[C@@H](F)[C@H](N)C2)nc2cc(F)c(F)cc21. The molecule has 0 saturated carbocycles. The Hall–Kier alpha value is -1.96. The Morgan fingerprint density at radius 1 is 1.17 bits per heavy atom. The first kappa shape index (κ1) is 20.3. The summed E-state index contributed by atoms with van der Waals surface area (Å²) in [5, 5.41) is 0.983. The van der Waals surface area contributed by atoms with Crippen molar-refractivity contribution in [2.24, 2.45) is 5.73 Å². The summed E-state index contributed by atoms with van der Waals surface area (Å²) in [6.45, 7) is 2.50. The molecule has 1 aromatic heterocycles. The van der Waals surface area contributed by atoms with Gasteiger partial charge in [0, 0.05) is 35.3 Å². The van der Waals surface area contributed by atoms with Gasteiger partial charge in [0.15, 0.2) is 11.6 Å². The quantitative estimate of drug-likeness (QED) is 0.613. The van der Waals surface area contributed by atoms with Gasteiger partial charge < -0.3 is 15.2 Å². The summed E-state index contributed by atoms with van der Waals surface area (Å²) in [6.07, 6.45) is -0.849. The molecule has 9 heteroatoms. The summed E-state index contributed by atoms with van der Waals surface area (Å²) in [5.41, 5.74) is 7.31. The lowest BCUT2D eigenvalue weighted by atomic mass is 10.0. The number of imidazole rings is 1. The predicted octanol–water partition coefficient (Wildman–Crippen LogP) is 5.11. The second-order valence-electron chi connectivity index (χ2n) is 7.29. The molecule has 29 heavy (non-hydrogen) atoms. The van der Waals surface area contributed by atoms with Gasteiger partial charge >= 0.3 is 0 Å². The first-order chi connectivity index (χ1) is 13.8. The molecule has 1 aliphatic rings. The minimum absolute atomic E-state index is 0.242. The van der Waals surface area contributed by atoms with Gasteiger partial charge in [-0.3, -0.25) is 0 Å². The number of fused-ring (bicyclic) bond motifs is 1. The molecule has 1 saturated heterocycles. The van der Waals surface area contributed by atoms with E-state index in [1.807, 2.05) is 11.8 Å². The predicted molar refractivity (Wildman–Crippen MR) is 110 cm³/mol. The van der Waals surface area contributed by atoms with Gasteiger partial charge in [-0.15, -0.1) is 0 Å². The number of nitrogens with two attached hydrogens (primary N) is 1. The highest BCUT2D eigenvalue weighted by Crippen LogP contribution is 2.36. The van der Waals surface area contributed by atoms with Gasteiger partial charge in [0.2, 0.25) is 5.95 Å². The average molecular weight is 443 g/mol. The van der Waals surface area contributed by atoms with Crippen LogP contribution in [0.3, 0.4) is 0 Å². The second-order valence-corrected chi connectivity index (χ2v) is 8.14. The highest BCUT2D eigenvalue weighted by molar-refractivity contribution is 6.33. The van der Waals surface area contributed by atoms with Crippen LogP contribution in [0.25, 0.3) is 11.0 Å². The molecule has 1 fully saturated rings. The van der Waals surface area contributed by atoms with Gasteiger partial charge in [0.25, 0.3) is 0 Å². The van der Waals surface area contributed by atoms with Crippen LogP contribution in [0.5, 0.6) is 0 Å². The van der Waals surface area contributed by atoms with E-state index in [4.69, 9.17) is 28.9 Å². The summed E-state index contributed by atoms with van der Waals surface area (Å²) in [7, 11) is 0. The molecule has 0 radical (unpaired) electrons. The Morgan fingerprint density at radius 2 is 1.90 bits per heavy atom. The van der Waals surface area contributed by atoms with E-state index in [0.717, 1.165) is 12.1 Å². The highest BCUT2D eigenvalue weighted by atomic mass is 35.5. The van der Waals surface area contributed by atoms with Crippen molar-refractivity contribution in [1.82, 2.24) is 9.55 Å². The monoisotopic (exact) mass is 442 g/mol. The van der Waals surface area contributed by atoms with Crippen LogP contribution in [0.1, 0.15) is 24.9 Å². The van der Waals surface area contributed by atoms with Gasteiger partial charge in [-0.05, 0) is 37.1 Å².